The fourth-order valence-electron chi connectivity index (χ4n) is 3.85. The molecular formula is C18H27F2N5O2. The summed E-state index contributed by atoms with van der Waals surface area (Å²) >= 11 is 0. The second-order valence-corrected chi connectivity index (χ2v) is 7.31. The number of aromatic nitrogens is 2. The van der Waals surface area contributed by atoms with Crippen LogP contribution in [0.15, 0.2) is 6.20 Å². The van der Waals surface area contributed by atoms with Gasteiger partial charge in [-0.2, -0.15) is 13.8 Å². The van der Waals surface area contributed by atoms with E-state index >= 15 is 0 Å². The zero-order valence-corrected chi connectivity index (χ0v) is 15.3. The number of anilines is 2. The number of ether oxygens (including phenoxy) is 1. The van der Waals surface area contributed by atoms with E-state index in [4.69, 9.17) is 5.73 Å². The number of carbonyl (C=O) groups excluding carboxylic acids is 1. The predicted octanol–water partition coefficient (Wildman–Crippen LogP) is 3.28. The van der Waals surface area contributed by atoms with Crippen molar-refractivity contribution in [1.29, 1.82) is 0 Å². The first kappa shape index (κ1) is 19.7. The van der Waals surface area contributed by atoms with E-state index < -0.39 is 18.6 Å². The van der Waals surface area contributed by atoms with Gasteiger partial charge in [0.25, 0.3) is 5.91 Å². The predicted molar refractivity (Wildman–Crippen MR) is 97.8 cm³/mol. The van der Waals surface area contributed by atoms with Crippen molar-refractivity contribution in [2.75, 3.05) is 10.6 Å². The Morgan fingerprint density at radius 1 is 1.07 bits per heavy atom. The molecule has 150 valence electrons. The van der Waals surface area contributed by atoms with Gasteiger partial charge in [0.1, 0.15) is 5.82 Å². The lowest BCUT2D eigenvalue weighted by molar-refractivity contribution is -0.169. The Kier molecular flexibility index (Phi) is 6.76. The number of carbonyl (C=O) groups is 1. The zero-order valence-electron chi connectivity index (χ0n) is 15.3. The Hall–Kier alpha value is -2.03. The van der Waals surface area contributed by atoms with Crippen LogP contribution in [-0.4, -0.2) is 40.7 Å². The number of halogens is 2. The molecule has 4 N–H and O–H groups in total. The van der Waals surface area contributed by atoms with Gasteiger partial charge in [-0.3, -0.25) is 4.79 Å². The number of rotatable bonds is 7. The quantitative estimate of drug-likeness (QED) is 0.668. The smallest absolute Gasteiger partial charge is 0.345 e. The largest absolute Gasteiger partial charge is 0.367 e. The van der Waals surface area contributed by atoms with E-state index in [1.54, 1.807) is 0 Å². The monoisotopic (exact) mass is 383 g/mol. The molecule has 27 heavy (non-hydrogen) atoms. The third-order valence-electron chi connectivity index (χ3n) is 5.30. The second kappa shape index (κ2) is 9.25. The van der Waals surface area contributed by atoms with Crippen LogP contribution in [0.1, 0.15) is 68.1 Å². The van der Waals surface area contributed by atoms with Gasteiger partial charge in [0.05, 0.1) is 11.7 Å². The third-order valence-corrected chi connectivity index (χ3v) is 5.30. The number of alkyl halides is 2. The number of nitrogens with one attached hydrogen (secondary N) is 2. The molecule has 2 saturated carbocycles. The Morgan fingerprint density at radius 3 is 2.37 bits per heavy atom. The van der Waals surface area contributed by atoms with E-state index in [9.17, 15) is 13.6 Å². The highest BCUT2D eigenvalue weighted by atomic mass is 19.3. The van der Waals surface area contributed by atoms with E-state index in [0.29, 0.717) is 37.4 Å². The van der Waals surface area contributed by atoms with E-state index in [-0.39, 0.29) is 17.6 Å². The first-order chi connectivity index (χ1) is 13.0. The molecule has 7 nitrogen and oxygen atoms in total. The molecule has 0 saturated heterocycles. The van der Waals surface area contributed by atoms with Crippen LogP contribution in [0.3, 0.4) is 0 Å². The molecule has 0 aromatic carbocycles. The molecular weight excluding hydrogens is 356 g/mol. The summed E-state index contributed by atoms with van der Waals surface area (Å²) in [6.07, 6.45) is 9.19. The standard InChI is InChI=1S/C18H27F2N5O2/c19-17(20)27-13-8-6-12(7-9-13)24-18-22-10-14(15(21)26)16(25-18)23-11-4-2-1-3-5-11/h10-13,17H,1-9H2,(H2,21,26)(H2,22,23,24,25)/t12-,13-. The normalized spacial score (nSPS) is 24.0. The highest BCUT2D eigenvalue weighted by Crippen LogP contribution is 2.26. The molecule has 1 heterocycles. The minimum absolute atomic E-state index is 0.0875. The number of nitrogens with zero attached hydrogens (tertiary/aromatic N) is 2. The first-order valence-corrected chi connectivity index (χ1v) is 9.65. The van der Waals surface area contributed by atoms with Crippen LogP contribution in [0.5, 0.6) is 0 Å². The molecule has 9 heteroatoms. The van der Waals surface area contributed by atoms with Crippen molar-refractivity contribution >= 4 is 17.7 Å². The van der Waals surface area contributed by atoms with E-state index in [1.165, 1.54) is 12.6 Å². The van der Waals surface area contributed by atoms with Gasteiger partial charge in [0.15, 0.2) is 0 Å². The summed E-state index contributed by atoms with van der Waals surface area (Å²) in [5, 5.41) is 6.58. The third kappa shape index (κ3) is 5.72. The maximum atomic E-state index is 12.3. The summed E-state index contributed by atoms with van der Waals surface area (Å²) in [6, 6.07) is 0.367. The van der Waals surface area contributed by atoms with Crippen LogP contribution in [-0.2, 0) is 4.74 Å². The van der Waals surface area contributed by atoms with E-state index in [2.05, 4.69) is 25.3 Å². The molecule has 2 aliphatic rings. The van der Waals surface area contributed by atoms with E-state index in [1.807, 2.05) is 0 Å². The highest BCUT2D eigenvalue weighted by molar-refractivity contribution is 5.97. The Balaban J connectivity index is 1.62. The maximum Gasteiger partial charge on any atom is 0.345 e. The molecule has 0 spiro atoms. The lowest BCUT2D eigenvalue weighted by atomic mass is 9.93. The van der Waals surface area contributed by atoms with Gasteiger partial charge in [-0.05, 0) is 38.5 Å². The van der Waals surface area contributed by atoms with Gasteiger partial charge in [-0.1, -0.05) is 19.3 Å². The topological polar surface area (TPSA) is 102 Å². The van der Waals surface area contributed by atoms with Crippen LogP contribution in [0.25, 0.3) is 0 Å². The van der Waals surface area contributed by atoms with Gasteiger partial charge in [-0.15, -0.1) is 0 Å². The van der Waals surface area contributed by atoms with Crippen LogP contribution >= 0.6 is 0 Å². The van der Waals surface area contributed by atoms with Crippen molar-refractivity contribution < 1.29 is 18.3 Å². The molecule has 0 atom stereocenters. The van der Waals surface area contributed by atoms with Crippen molar-refractivity contribution in [3.63, 3.8) is 0 Å². The van der Waals surface area contributed by atoms with Crippen LogP contribution < -0.4 is 16.4 Å². The summed E-state index contributed by atoms with van der Waals surface area (Å²) in [4.78, 5) is 20.4. The first-order valence-electron chi connectivity index (χ1n) is 9.65. The number of nitrogens with two attached hydrogens (primary N) is 1. The molecule has 3 rings (SSSR count). The molecule has 0 unspecified atom stereocenters. The van der Waals surface area contributed by atoms with Crippen molar-refractivity contribution in [1.82, 2.24) is 9.97 Å². The Bertz CT molecular complexity index is 632. The summed E-state index contributed by atoms with van der Waals surface area (Å²) in [5.41, 5.74) is 5.73. The molecule has 0 aliphatic heterocycles. The molecule has 2 fully saturated rings. The van der Waals surface area contributed by atoms with Gasteiger partial charge in [0.2, 0.25) is 5.95 Å². The van der Waals surface area contributed by atoms with Gasteiger partial charge < -0.3 is 21.1 Å². The van der Waals surface area contributed by atoms with Crippen molar-refractivity contribution in [2.24, 2.45) is 5.73 Å². The van der Waals surface area contributed by atoms with Crippen LogP contribution in [0, 0.1) is 0 Å². The molecule has 0 radical (unpaired) electrons. The van der Waals surface area contributed by atoms with Crippen molar-refractivity contribution in [3.05, 3.63) is 11.8 Å². The number of amides is 1. The lowest BCUT2D eigenvalue weighted by Crippen LogP contribution is -2.31. The SMILES string of the molecule is NC(=O)c1cnc(N[C@H]2CC[C@H](OC(F)F)CC2)nc1NC1CCCCC1. The molecule has 1 amide bonds. The Morgan fingerprint density at radius 2 is 1.74 bits per heavy atom. The molecule has 2 aliphatic carbocycles. The van der Waals surface area contributed by atoms with Crippen molar-refractivity contribution in [3.8, 4) is 0 Å². The maximum absolute atomic E-state index is 12.3. The fourth-order valence-corrected chi connectivity index (χ4v) is 3.85. The summed E-state index contributed by atoms with van der Waals surface area (Å²) in [6.45, 7) is -2.72. The lowest BCUT2D eigenvalue weighted by Gasteiger charge is -2.29. The summed E-state index contributed by atoms with van der Waals surface area (Å²) in [5.74, 6) is 0.308. The van der Waals surface area contributed by atoms with Gasteiger partial charge in [0, 0.05) is 18.3 Å². The van der Waals surface area contributed by atoms with Crippen LogP contribution in [0.4, 0.5) is 20.5 Å². The summed E-state index contributed by atoms with van der Waals surface area (Å²) < 4.78 is 29.2. The minimum Gasteiger partial charge on any atom is -0.367 e. The average molecular weight is 383 g/mol. The number of hydrogen-bond acceptors (Lipinski definition) is 6. The minimum atomic E-state index is -2.72. The average Bonchev–Trinajstić information content (AvgIpc) is 2.64. The van der Waals surface area contributed by atoms with Gasteiger partial charge >= 0.3 is 6.61 Å². The van der Waals surface area contributed by atoms with Crippen LogP contribution in [0.2, 0.25) is 0 Å². The Labute approximate surface area is 157 Å². The molecule has 0 bridgehead atoms. The molecule has 1 aromatic heterocycles. The number of hydrogen-bond donors (Lipinski definition) is 3. The highest BCUT2D eigenvalue weighted by Gasteiger charge is 2.25. The zero-order chi connectivity index (χ0) is 19.2. The van der Waals surface area contributed by atoms with E-state index in [0.717, 1.165) is 25.7 Å². The number of primary amides is 1. The van der Waals surface area contributed by atoms with Gasteiger partial charge in [-0.25, -0.2) is 4.98 Å². The summed E-state index contributed by atoms with van der Waals surface area (Å²) in [7, 11) is 0. The van der Waals surface area contributed by atoms with Crippen molar-refractivity contribution in [2.45, 2.75) is 82.6 Å². The fraction of sp³-hybridized carbons (Fsp3) is 0.722. The second-order valence-electron chi connectivity index (χ2n) is 7.31. The molecule has 1 aromatic rings.